The van der Waals surface area contributed by atoms with Gasteiger partial charge in [-0.25, -0.2) is 4.79 Å². The monoisotopic (exact) mass is 274 g/mol. The maximum Gasteiger partial charge on any atom is 0.328 e. The molecule has 0 saturated heterocycles. The first-order valence-electron chi connectivity index (χ1n) is 5.99. The molecule has 1 aromatic carbocycles. The second kappa shape index (κ2) is 5.56. The molecule has 0 radical (unpaired) electrons. The predicted molar refractivity (Wildman–Crippen MR) is 73.4 cm³/mol. The number of hydrogen-bond acceptors (Lipinski definition) is 4. The van der Waals surface area contributed by atoms with E-state index in [0.29, 0.717) is 16.9 Å². The van der Waals surface area contributed by atoms with Crippen LogP contribution in [0.2, 0.25) is 0 Å². The lowest BCUT2D eigenvalue weighted by Gasteiger charge is -2.06. The number of aromatic nitrogens is 2. The van der Waals surface area contributed by atoms with E-state index in [1.54, 1.807) is 31.2 Å². The Labute approximate surface area is 114 Å². The van der Waals surface area contributed by atoms with Gasteiger partial charge >= 0.3 is 5.69 Å². The summed E-state index contributed by atoms with van der Waals surface area (Å²) in [7, 11) is 1.51. The molecule has 0 bridgehead atoms. The minimum absolute atomic E-state index is 0.135. The molecule has 0 unspecified atom stereocenters. The van der Waals surface area contributed by atoms with E-state index in [-0.39, 0.29) is 12.3 Å². The topological polar surface area (TPSA) is 81.2 Å². The third-order valence-electron chi connectivity index (χ3n) is 2.89. The molecular formula is C14H14N2O4. The molecule has 0 aliphatic heterocycles. The van der Waals surface area contributed by atoms with Crippen LogP contribution in [0.5, 0.6) is 5.75 Å². The lowest BCUT2D eigenvalue weighted by molar-refractivity contribution is 0.0970. The Morgan fingerprint density at radius 1 is 1.35 bits per heavy atom. The number of ketones is 1. The molecule has 0 aliphatic rings. The summed E-state index contributed by atoms with van der Waals surface area (Å²) in [6.07, 6.45) is 1.37. The zero-order valence-corrected chi connectivity index (χ0v) is 11.2. The summed E-state index contributed by atoms with van der Waals surface area (Å²) in [4.78, 5) is 37.2. The fourth-order valence-corrected chi connectivity index (χ4v) is 1.78. The van der Waals surface area contributed by atoms with Gasteiger partial charge in [-0.3, -0.25) is 19.1 Å². The normalized spacial score (nSPS) is 10.3. The molecule has 1 heterocycles. The molecule has 2 aromatic rings. The van der Waals surface area contributed by atoms with E-state index in [9.17, 15) is 14.4 Å². The summed E-state index contributed by atoms with van der Waals surface area (Å²) >= 11 is 0. The van der Waals surface area contributed by atoms with Crippen molar-refractivity contribution >= 4 is 5.78 Å². The van der Waals surface area contributed by atoms with Crippen molar-refractivity contribution in [2.75, 3.05) is 7.11 Å². The van der Waals surface area contributed by atoms with Gasteiger partial charge < -0.3 is 4.74 Å². The van der Waals surface area contributed by atoms with Crippen molar-refractivity contribution in [1.29, 1.82) is 0 Å². The van der Waals surface area contributed by atoms with Gasteiger partial charge in [-0.05, 0) is 19.1 Å². The Morgan fingerprint density at radius 2 is 2.10 bits per heavy atom. The van der Waals surface area contributed by atoms with Gasteiger partial charge in [0.1, 0.15) is 5.75 Å². The van der Waals surface area contributed by atoms with Crippen LogP contribution in [0, 0.1) is 6.92 Å². The molecule has 0 amide bonds. The molecule has 104 valence electrons. The number of H-pyrrole nitrogens is 1. The molecule has 0 atom stereocenters. The molecule has 1 aromatic heterocycles. The van der Waals surface area contributed by atoms with Gasteiger partial charge in [0.15, 0.2) is 5.78 Å². The maximum atomic E-state index is 12.1. The highest BCUT2D eigenvalue weighted by Crippen LogP contribution is 2.13. The van der Waals surface area contributed by atoms with Crippen molar-refractivity contribution in [2.45, 2.75) is 13.5 Å². The Balaban J connectivity index is 2.30. The van der Waals surface area contributed by atoms with Gasteiger partial charge in [0.05, 0.1) is 13.7 Å². The molecule has 20 heavy (non-hydrogen) atoms. The number of Topliss-reactive ketones (excluding diaryl/α,β-unsaturated/α-hetero) is 1. The Hall–Kier alpha value is -2.63. The molecule has 0 saturated carbocycles. The molecule has 6 nitrogen and oxygen atoms in total. The predicted octanol–water partition coefficient (Wildman–Crippen LogP) is 0.737. The van der Waals surface area contributed by atoms with Gasteiger partial charge in [-0.2, -0.15) is 0 Å². The number of ether oxygens (including phenoxy) is 1. The van der Waals surface area contributed by atoms with E-state index in [2.05, 4.69) is 4.98 Å². The quantitative estimate of drug-likeness (QED) is 0.834. The Bertz CT molecular complexity index is 758. The molecule has 0 spiro atoms. The number of nitrogens with zero attached hydrogens (tertiary/aromatic N) is 1. The third-order valence-corrected chi connectivity index (χ3v) is 2.89. The number of hydrogen-bond donors (Lipinski definition) is 1. The highest BCUT2D eigenvalue weighted by Gasteiger charge is 2.10. The van der Waals surface area contributed by atoms with Gasteiger partial charge in [0.25, 0.3) is 5.56 Å². The van der Waals surface area contributed by atoms with Crippen molar-refractivity contribution in [3.8, 4) is 5.75 Å². The van der Waals surface area contributed by atoms with Crippen molar-refractivity contribution in [1.82, 2.24) is 9.55 Å². The number of rotatable bonds is 4. The first kappa shape index (κ1) is 13.8. The molecule has 0 aliphatic carbocycles. The van der Waals surface area contributed by atoms with E-state index in [4.69, 9.17) is 4.74 Å². The summed E-state index contributed by atoms with van der Waals surface area (Å²) in [5.41, 5.74) is -0.222. The SMILES string of the molecule is COc1cccc(C(=O)Cn2cc(C)c(=O)[nH]c2=O)c1. The number of benzene rings is 1. The van der Waals surface area contributed by atoms with E-state index in [1.165, 1.54) is 17.9 Å². The number of carbonyl (C=O) groups is 1. The zero-order valence-electron chi connectivity index (χ0n) is 11.2. The average Bonchev–Trinajstić information content (AvgIpc) is 2.44. The summed E-state index contributed by atoms with van der Waals surface area (Å²) in [5, 5.41) is 0. The fraction of sp³-hybridized carbons (Fsp3) is 0.214. The van der Waals surface area contributed by atoms with Crippen molar-refractivity contribution in [3.63, 3.8) is 0 Å². The van der Waals surface area contributed by atoms with Crippen LogP contribution in [0.15, 0.2) is 40.1 Å². The summed E-state index contributed by atoms with van der Waals surface area (Å²) < 4.78 is 6.22. The standard InChI is InChI=1S/C14H14N2O4/c1-9-7-16(14(19)15-13(9)18)8-12(17)10-4-3-5-11(6-10)20-2/h3-7H,8H2,1-2H3,(H,15,18,19). The number of nitrogens with one attached hydrogen (secondary N) is 1. The molecule has 1 N–H and O–H groups in total. The number of aromatic amines is 1. The largest absolute Gasteiger partial charge is 0.497 e. The van der Waals surface area contributed by atoms with Crippen LogP contribution in [0.1, 0.15) is 15.9 Å². The third kappa shape index (κ3) is 2.85. The molecular weight excluding hydrogens is 260 g/mol. The summed E-state index contributed by atoms with van der Waals surface area (Å²) in [6.45, 7) is 1.44. The second-order valence-electron chi connectivity index (χ2n) is 4.35. The van der Waals surface area contributed by atoms with E-state index >= 15 is 0 Å². The van der Waals surface area contributed by atoms with Crippen molar-refractivity contribution < 1.29 is 9.53 Å². The average molecular weight is 274 g/mol. The van der Waals surface area contributed by atoms with Crippen LogP contribution < -0.4 is 16.0 Å². The van der Waals surface area contributed by atoms with Crippen LogP contribution in [0.25, 0.3) is 0 Å². The Morgan fingerprint density at radius 3 is 2.80 bits per heavy atom. The molecule has 6 heteroatoms. The van der Waals surface area contributed by atoms with E-state index in [1.807, 2.05) is 0 Å². The summed E-state index contributed by atoms with van der Waals surface area (Å²) in [6, 6.07) is 6.68. The van der Waals surface area contributed by atoms with Crippen LogP contribution >= 0.6 is 0 Å². The number of methoxy groups -OCH3 is 1. The van der Waals surface area contributed by atoms with Gasteiger partial charge in [-0.1, -0.05) is 12.1 Å². The maximum absolute atomic E-state index is 12.1. The van der Waals surface area contributed by atoms with Crippen LogP contribution in [-0.4, -0.2) is 22.4 Å². The Kier molecular flexibility index (Phi) is 3.84. The minimum Gasteiger partial charge on any atom is -0.497 e. The van der Waals surface area contributed by atoms with Gasteiger partial charge in [0.2, 0.25) is 0 Å². The van der Waals surface area contributed by atoms with Crippen LogP contribution in [0.4, 0.5) is 0 Å². The fourth-order valence-electron chi connectivity index (χ4n) is 1.78. The highest BCUT2D eigenvalue weighted by atomic mass is 16.5. The number of carbonyl (C=O) groups excluding carboxylic acids is 1. The summed E-state index contributed by atoms with van der Waals surface area (Å²) in [5.74, 6) is 0.332. The van der Waals surface area contributed by atoms with Crippen LogP contribution in [-0.2, 0) is 6.54 Å². The highest BCUT2D eigenvalue weighted by molar-refractivity contribution is 5.96. The van der Waals surface area contributed by atoms with Gasteiger partial charge in [-0.15, -0.1) is 0 Å². The van der Waals surface area contributed by atoms with Gasteiger partial charge in [0, 0.05) is 17.3 Å². The van der Waals surface area contributed by atoms with E-state index in [0.717, 1.165) is 0 Å². The second-order valence-corrected chi connectivity index (χ2v) is 4.35. The first-order chi connectivity index (χ1) is 9.51. The van der Waals surface area contributed by atoms with Crippen molar-refractivity contribution in [3.05, 3.63) is 62.4 Å². The molecule has 2 rings (SSSR count). The van der Waals surface area contributed by atoms with Crippen molar-refractivity contribution in [2.24, 2.45) is 0 Å². The lowest BCUT2D eigenvalue weighted by atomic mass is 10.1. The lowest BCUT2D eigenvalue weighted by Crippen LogP contribution is -2.32. The van der Waals surface area contributed by atoms with Crippen LogP contribution in [0.3, 0.4) is 0 Å². The number of aryl methyl sites for hydroxylation is 1. The minimum atomic E-state index is -0.600. The molecule has 0 fully saturated rings. The zero-order chi connectivity index (χ0) is 14.7. The first-order valence-corrected chi connectivity index (χ1v) is 5.99. The van der Waals surface area contributed by atoms with E-state index < -0.39 is 11.2 Å². The smallest absolute Gasteiger partial charge is 0.328 e.